The van der Waals surface area contributed by atoms with Crippen molar-refractivity contribution in [2.75, 3.05) is 0 Å². The van der Waals surface area contributed by atoms with Crippen molar-refractivity contribution in [1.29, 1.82) is 0 Å². The molecule has 0 atom stereocenters. The van der Waals surface area contributed by atoms with Gasteiger partial charge in [-0.3, -0.25) is 0 Å². The van der Waals surface area contributed by atoms with Gasteiger partial charge in [0.2, 0.25) is 0 Å². The standard InChI is InChI=1S/C16H33/c1-4-6-8-10-11-13-15-16(3)14-12-9-7-5-2/h4-15H2,1-3H3. The van der Waals surface area contributed by atoms with Crippen molar-refractivity contribution in [2.45, 2.75) is 97.8 Å². The predicted octanol–water partition coefficient (Wildman–Crippen LogP) is 6.30. The van der Waals surface area contributed by atoms with Crippen molar-refractivity contribution in [3.05, 3.63) is 5.92 Å². The first-order valence-electron chi connectivity index (χ1n) is 7.62. The van der Waals surface area contributed by atoms with Crippen LogP contribution in [0.2, 0.25) is 0 Å². The molecule has 0 aromatic heterocycles. The Balaban J connectivity index is 3.08. The first-order valence-corrected chi connectivity index (χ1v) is 7.62. The molecule has 0 aromatic rings. The lowest BCUT2D eigenvalue weighted by molar-refractivity contribution is 0.565. The van der Waals surface area contributed by atoms with E-state index in [0.717, 1.165) is 0 Å². The fourth-order valence-corrected chi connectivity index (χ4v) is 2.19. The van der Waals surface area contributed by atoms with E-state index in [1.165, 1.54) is 77.0 Å². The quantitative estimate of drug-likeness (QED) is 0.342. The molecule has 0 heterocycles. The second-order valence-electron chi connectivity index (χ2n) is 5.29. The maximum Gasteiger partial charge on any atom is -0.0272 e. The Morgan fingerprint density at radius 1 is 0.562 bits per heavy atom. The summed E-state index contributed by atoms with van der Waals surface area (Å²) in [6, 6.07) is 0. The summed E-state index contributed by atoms with van der Waals surface area (Å²) in [5.74, 6) is 1.74. The van der Waals surface area contributed by atoms with Gasteiger partial charge in [0.15, 0.2) is 0 Å². The first-order chi connectivity index (χ1) is 7.81. The Kier molecular flexibility index (Phi) is 13.1. The highest BCUT2D eigenvalue weighted by molar-refractivity contribution is 4.83. The third kappa shape index (κ3) is 12.1. The van der Waals surface area contributed by atoms with E-state index in [1.54, 1.807) is 5.92 Å². The van der Waals surface area contributed by atoms with Gasteiger partial charge in [0.05, 0.1) is 0 Å². The molecule has 0 N–H and O–H groups in total. The summed E-state index contributed by atoms with van der Waals surface area (Å²) in [4.78, 5) is 0. The van der Waals surface area contributed by atoms with Gasteiger partial charge >= 0.3 is 0 Å². The maximum absolute atomic E-state index is 2.36. The van der Waals surface area contributed by atoms with E-state index in [4.69, 9.17) is 0 Å². The minimum atomic E-state index is 1.36. The van der Waals surface area contributed by atoms with Crippen molar-refractivity contribution in [1.82, 2.24) is 0 Å². The SMILES string of the molecule is CCCCCCCC[C](C)CCCCCC. The summed E-state index contributed by atoms with van der Waals surface area (Å²) in [6.45, 7) is 6.93. The molecule has 0 aliphatic rings. The van der Waals surface area contributed by atoms with Crippen LogP contribution in [0.4, 0.5) is 0 Å². The summed E-state index contributed by atoms with van der Waals surface area (Å²) < 4.78 is 0. The minimum absolute atomic E-state index is 1.36. The molecule has 0 spiro atoms. The molecule has 0 heteroatoms. The van der Waals surface area contributed by atoms with E-state index in [1.807, 2.05) is 0 Å². The Morgan fingerprint density at radius 3 is 1.44 bits per heavy atom. The van der Waals surface area contributed by atoms with Crippen molar-refractivity contribution in [3.63, 3.8) is 0 Å². The zero-order chi connectivity index (χ0) is 12.1. The van der Waals surface area contributed by atoms with Gasteiger partial charge in [-0.2, -0.15) is 0 Å². The Hall–Kier alpha value is 0. The molecule has 0 saturated carbocycles. The van der Waals surface area contributed by atoms with Crippen LogP contribution in [0.1, 0.15) is 97.8 Å². The summed E-state index contributed by atoms with van der Waals surface area (Å²) in [5.41, 5.74) is 0. The fourth-order valence-electron chi connectivity index (χ4n) is 2.19. The van der Waals surface area contributed by atoms with Gasteiger partial charge in [-0.05, 0) is 18.8 Å². The molecule has 0 aliphatic carbocycles. The number of hydrogen-bond acceptors (Lipinski definition) is 0. The van der Waals surface area contributed by atoms with Gasteiger partial charge in [0.1, 0.15) is 0 Å². The van der Waals surface area contributed by atoms with Crippen LogP contribution in [-0.4, -0.2) is 0 Å². The third-order valence-corrected chi connectivity index (χ3v) is 3.41. The summed E-state index contributed by atoms with van der Waals surface area (Å²) >= 11 is 0. The van der Waals surface area contributed by atoms with Gasteiger partial charge in [-0.15, -0.1) is 0 Å². The molecule has 0 saturated heterocycles. The molecule has 0 nitrogen and oxygen atoms in total. The van der Waals surface area contributed by atoms with Crippen molar-refractivity contribution < 1.29 is 0 Å². The molecule has 0 aromatic carbocycles. The van der Waals surface area contributed by atoms with Crippen molar-refractivity contribution in [3.8, 4) is 0 Å². The topological polar surface area (TPSA) is 0 Å². The molecular weight excluding hydrogens is 192 g/mol. The molecule has 0 unspecified atom stereocenters. The van der Waals surface area contributed by atoms with Crippen LogP contribution in [-0.2, 0) is 0 Å². The average Bonchev–Trinajstić information content (AvgIpc) is 2.29. The highest BCUT2D eigenvalue weighted by atomic mass is 14.1. The molecule has 0 rings (SSSR count). The van der Waals surface area contributed by atoms with Gasteiger partial charge < -0.3 is 0 Å². The van der Waals surface area contributed by atoms with E-state index in [-0.39, 0.29) is 0 Å². The van der Waals surface area contributed by atoms with Gasteiger partial charge in [0, 0.05) is 0 Å². The van der Waals surface area contributed by atoms with E-state index in [0.29, 0.717) is 0 Å². The van der Waals surface area contributed by atoms with Crippen LogP contribution in [0.3, 0.4) is 0 Å². The molecule has 0 aliphatic heterocycles. The van der Waals surface area contributed by atoms with Crippen LogP contribution in [0, 0.1) is 5.92 Å². The molecule has 1 radical (unpaired) electrons. The number of hydrogen-bond donors (Lipinski definition) is 0. The number of unbranched alkanes of at least 4 members (excludes halogenated alkanes) is 8. The lowest BCUT2D eigenvalue weighted by atomic mass is 9.96. The molecular formula is C16H33. The van der Waals surface area contributed by atoms with Gasteiger partial charge in [-0.1, -0.05) is 85.0 Å². The number of rotatable bonds is 12. The third-order valence-electron chi connectivity index (χ3n) is 3.41. The van der Waals surface area contributed by atoms with E-state index in [9.17, 15) is 0 Å². The van der Waals surface area contributed by atoms with Crippen LogP contribution in [0.25, 0.3) is 0 Å². The van der Waals surface area contributed by atoms with Gasteiger partial charge in [0.25, 0.3) is 0 Å². The van der Waals surface area contributed by atoms with Crippen molar-refractivity contribution in [2.24, 2.45) is 0 Å². The lowest BCUT2D eigenvalue weighted by Gasteiger charge is -2.10. The second kappa shape index (κ2) is 13.1. The average molecular weight is 225 g/mol. The zero-order valence-electron chi connectivity index (χ0n) is 12.0. The largest absolute Gasteiger partial charge is 0.0654 e. The smallest absolute Gasteiger partial charge is 0.0272 e. The van der Waals surface area contributed by atoms with Crippen LogP contribution >= 0.6 is 0 Å². The Morgan fingerprint density at radius 2 is 0.938 bits per heavy atom. The highest BCUT2D eigenvalue weighted by Crippen LogP contribution is 2.19. The fraction of sp³-hybridized carbons (Fsp3) is 0.938. The maximum atomic E-state index is 2.36. The Labute approximate surface area is 104 Å². The van der Waals surface area contributed by atoms with Gasteiger partial charge in [-0.25, -0.2) is 0 Å². The highest BCUT2D eigenvalue weighted by Gasteiger charge is 2.02. The minimum Gasteiger partial charge on any atom is -0.0654 e. The van der Waals surface area contributed by atoms with E-state index in [2.05, 4.69) is 20.8 Å². The zero-order valence-corrected chi connectivity index (χ0v) is 12.0. The van der Waals surface area contributed by atoms with E-state index >= 15 is 0 Å². The normalized spacial score (nSPS) is 11.2. The van der Waals surface area contributed by atoms with Crippen LogP contribution in [0.5, 0.6) is 0 Å². The summed E-state index contributed by atoms with van der Waals surface area (Å²) in [7, 11) is 0. The Bertz CT molecular complexity index is 117. The van der Waals surface area contributed by atoms with Crippen LogP contribution < -0.4 is 0 Å². The first kappa shape index (κ1) is 16.0. The lowest BCUT2D eigenvalue weighted by Crippen LogP contribution is -1.92. The molecule has 0 bridgehead atoms. The predicted molar refractivity (Wildman–Crippen MR) is 75.7 cm³/mol. The molecule has 0 fully saturated rings. The monoisotopic (exact) mass is 225 g/mol. The van der Waals surface area contributed by atoms with Crippen LogP contribution in [0.15, 0.2) is 0 Å². The summed E-state index contributed by atoms with van der Waals surface area (Å²) in [6.07, 6.45) is 17.0. The molecule has 97 valence electrons. The second-order valence-corrected chi connectivity index (χ2v) is 5.29. The molecule has 0 amide bonds. The van der Waals surface area contributed by atoms with E-state index < -0.39 is 0 Å². The van der Waals surface area contributed by atoms with Crippen molar-refractivity contribution >= 4 is 0 Å². The summed E-state index contributed by atoms with van der Waals surface area (Å²) in [5, 5.41) is 0. The molecule has 16 heavy (non-hydrogen) atoms.